The van der Waals surface area contributed by atoms with Gasteiger partial charge in [-0.15, -0.1) is 24.0 Å². The zero-order valence-corrected chi connectivity index (χ0v) is 19.8. The van der Waals surface area contributed by atoms with E-state index in [0.717, 1.165) is 16.8 Å². The van der Waals surface area contributed by atoms with Gasteiger partial charge in [-0.05, 0) is 43.4 Å². The molecule has 1 aliphatic heterocycles. The molecule has 1 heterocycles. The summed E-state index contributed by atoms with van der Waals surface area (Å²) in [5.74, 6) is 0.506. The number of guanidine groups is 1. The zero-order chi connectivity index (χ0) is 20.8. The fourth-order valence-electron chi connectivity index (χ4n) is 3.63. The van der Waals surface area contributed by atoms with E-state index in [4.69, 9.17) is 0 Å². The summed E-state index contributed by atoms with van der Waals surface area (Å²) in [6, 6.07) is 14.5. The van der Waals surface area contributed by atoms with Crippen LogP contribution in [0.2, 0.25) is 0 Å². The maximum Gasteiger partial charge on any atom is 0.225 e. The summed E-state index contributed by atoms with van der Waals surface area (Å²) >= 11 is 0. The first kappa shape index (κ1) is 24.1. The second-order valence-electron chi connectivity index (χ2n) is 7.40. The Morgan fingerprint density at radius 1 is 1.23 bits per heavy atom. The molecule has 1 amide bonds. The van der Waals surface area contributed by atoms with Gasteiger partial charge in [0.2, 0.25) is 5.91 Å². The number of aliphatic imine (C=N–C) groups is 1. The molecule has 0 spiro atoms. The minimum absolute atomic E-state index is 0. The molecule has 162 valence electrons. The second-order valence-corrected chi connectivity index (χ2v) is 7.40. The Morgan fingerprint density at radius 3 is 2.70 bits per heavy atom. The molecule has 0 bridgehead atoms. The average molecular weight is 525 g/mol. The van der Waals surface area contributed by atoms with Crippen molar-refractivity contribution in [1.82, 2.24) is 15.5 Å². The van der Waals surface area contributed by atoms with Crippen molar-refractivity contribution in [3.8, 4) is 0 Å². The van der Waals surface area contributed by atoms with Crippen LogP contribution in [-0.4, -0.2) is 51.0 Å². The van der Waals surface area contributed by atoms with Gasteiger partial charge >= 0.3 is 0 Å². The number of rotatable bonds is 6. The summed E-state index contributed by atoms with van der Waals surface area (Å²) in [5.41, 5.74) is 2.90. The van der Waals surface area contributed by atoms with Gasteiger partial charge in [-0.25, -0.2) is 4.39 Å². The average Bonchev–Trinajstić information content (AvgIpc) is 2.70. The van der Waals surface area contributed by atoms with E-state index in [0.29, 0.717) is 25.5 Å². The highest BCUT2D eigenvalue weighted by molar-refractivity contribution is 14.0. The SMILES string of the molecule is CN=C(NCC1CC(=O)Nc2ccccc21)NCC(c1cccc(F)c1)N(C)C.I. The Hall–Kier alpha value is -2.20. The third-order valence-electron chi connectivity index (χ3n) is 5.17. The van der Waals surface area contributed by atoms with Crippen LogP contribution in [0.4, 0.5) is 10.1 Å². The van der Waals surface area contributed by atoms with Gasteiger partial charge in [-0.2, -0.15) is 0 Å². The lowest BCUT2D eigenvalue weighted by Crippen LogP contribution is -2.43. The van der Waals surface area contributed by atoms with E-state index in [2.05, 4.69) is 20.9 Å². The molecule has 6 nitrogen and oxygen atoms in total. The third kappa shape index (κ3) is 6.15. The van der Waals surface area contributed by atoms with E-state index in [1.165, 1.54) is 6.07 Å². The number of likely N-dealkylation sites (N-methyl/N-ethyl adjacent to an activating group) is 1. The molecule has 2 unspecified atom stereocenters. The molecule has 2 aromatic rings. The predicted octanol–water partition coefficient (Wildman–Crippen LogP) is 3.34. The van der Waals surface area contributed by atoms with Crippen LogP contribution in [-0.2, 0) is 4.79 Å². The number of fused-ring (bicyclic) bond motifs is 1. The lowest BCUT2D eigenvalue weighted by molar-refractivity contribution is -0.116. The van der Waals surface area contributed by atoms with Crippen LogP contribution in [0.15, 0.2) is 53.5 Å². The predicted molar refractivity (Wildman–Crippen MR) is 130 cm³/mol. The largest absolute Gasteiger partial charge is 0.356 e. The number of carbonyl (C=O) groups is 1. The van der Waals surface area contributed by atoms with Crippen LogP contribution in [0.1, 0.15) is 29.5 Å². The Bertz CT molecular complexity index is 889. The molecule has 2 atom stereocenters. The van der Waals surface area contributed by atoms with Crippen LogP contribution in [0, 0.1) is 5.82 Å². The molecular formula is C22H29FIN5O. The summed E-state index contributed by atoms with van der Waals surface area (Å²) in [7, 11) is 5.64. The number of benzene rings is 2. The summed E-state index contributed by atoms with van der Waals surface area (Å²) < 4.78 is 13.6. The molecule has 0 aliphatic carbocycles. The number of amides is 1. The number of para-hydroxylation sites is 1. The minimum atomic E-state index is -0.244. The highest BCUT2D eigenvalue weighted by Crippen LogP contribution is 2.31. The standard InChI is InChI=1S/C22H28FN5O.HI/c1-24-22(26-14-20(28(2)3)15-7-6-8-17(23)11-15)25-13-16-12-21(29)27-19-10-5-4-9-18(16)19;/h4-11,16,20H,12-14H2,1-3H3,(H,27,29)(H2,24,25,26);1H. The normalized spacial score (nSPS) is 16.9. The van der Waals surface area contributed by atoms with Crippen molar-refractivity contribution in [2.45, 2.75) is 18.4 Å². The van der Waals surface area contributed by atoms with Crippen LogP contribution in [0.3, 0.4) is 0 Å². The molecular weight excluding hydrogens is 496 g/mol. The van der Waals surface area contributed by atoms with Crippen LogP contribution in [0.5, 0.6) is 0 Å². The summed E-state index contributed by atoms with van der Waals surface area (Å²) in [5, 5.41) is 9.56. The van der Waals surface area contributed by atoms with Crippen molar-refractivity contribution in [2.24, 2.45) is 4.99 Å². The van der Waals surface area contributed by atoms with Crippen LogP contribution in [0.25, 0.3) is 0 Å². The van der Waals surface area contributed by atoms with Gasteiger partial charge in [0.25, 0.3) is 0 Å². The fourth-order valence-corrected chi connectivity index (χ4v) is 3.63. The first-order valence-corrected chi connectivity index (χ1v) is 9.73. The van der Waals surface area contributed by atoms with Gasteiger partial charge in [0, 0.05) is 38.2 Å². The molecule has 30 heavy (non-hydrogen) atoms. The minimum Gasteiger partial charge on any atom is -0.356 e. The highest BCUT2D eigenvalue weighted by atomic mass is 127. The molecule has 0 radical (unpaired) electrons. The molecule has 3 N–H and O–H groups in total. The molecule has 8 heteroatoms. The fraction of sp³-hybridized carbons (Fsp3) is 0.364. The first-order valence-electron chi connectivity index (χ1n) is 9.73. The number of hydrogen-bond acceptors (Lipinski definition) is 3. The van der Waals surface area contributed by atoms with Gasteiger partial charge in [0.05, 0.1) is 6.04 Å². The maximum absolute atomic E-state index is 13.6. The highest BCUT2D eigenvalue weighted by Gasteiger charge is 2.25. The van der Waals surface area contributed by atoms with Crippen molar-refractivity contribution in [1.29, 1.82) is 0 Å². The summed E-state index contributed by atoms with van der Waals surface area (Å²) in [4.78, 5) is 18.3. The first-order chi connectivity index (χ1) is 14.0. The molecule has 0 saturated heterocycles. The summed E-state index contributed by atoms with van der Waals surface area (Å²) in [6.45, 7) is 1.16. The Balaban J connectivity index is 0.00000320. The Kier molecular flexibility index (Phi) is 9.04. The number of anilines is 1. The van der Waals surface area contributed by atoms with Crippen molar-refractivity contribution in [2.75, 3.05) is 39.5 Å². The second kappa shape index (κ2) is 11.3. The maximum atomic E-state index is 13.6. The van der Waals surface area contributed by atoms with E-state index < -0.39 is 0 Å². The quantitative estimate of drug-likeness (QED) is 0.308. The molecule has 0 fully saturated rings. The van der Waals surface area contributed by atoms with Gasteiger partial charge in [-0.1, -0.05) is 30.3 Å². The molecule has 1 aliphatic rings. The number of halogens is 2. The topological polar surface area (TPSA) is 68.8 Å². The van der Waals surface area contributed by atoms with E-state index in [1.54, 1.807) is 19.2 Å². The third-order valence-corrected chi connectivity index (χ3v) is 5.17. The smallest absolute Gasteiger partial charge is 0.225 e. The number of hydrogen-bond donors (Lipinski definition) is 3. The lowest BCUT2D eigenvalue weighted by atomic mass is 9.90. The molecule has 0 saturated carbocycles. The number of carbonyl (C=O) groups excluding carboxylic acids is 1. The van der Waals surface area contributed by atoms with Crippen LogP contribution < -0.4 is 16.0 Å². The molecule has 0 aromatic heterocycles. The monoisotopic (exact) mass is 525 g/mol. The van der Waals surface area contributed by atoms with Gasteiger partial charge in [-0.3, -0.25) is 9.79 Å². The lowest BCUT2D eigenvalue weighted by Gasteiger charge is -2.28. The van der Waals surface area contributed by atoms with Gasteiger partial charge < -0.3 is 20.9 Å². The number of nitrogens with zero attached hydrogens (tertiary/aromatic N) is 2. The number of nitrogens with one attached hydrogen (secondary N) is 3. The van der Waals surface area contributed by atoms with E-state index >= 15 is 0 Å². The van der Waals surface area contributed by atoms with Gasteiger partial charge in [0.1, 0.15) is 5.82 Å². The Morgan fingerprint density at radius 2 is 2.00 bits per heavy atom. The van der Waals surface area contributed by atoms with Crippen molar-refractivity contribution in [3.63, 3.8) is 0 Å². The van der Waals surface area contributed by atoms with Crippen molar-refractivity contribution >= 4 is 41.5 Å². The van der Waals surface area contributed by atoms with Crippen molar-refractivity contribution < 1.29 is 9.18 Å². The Labute approximate surface area is 194 Å². The van der Waals surface area contributed by atoms with Gasteiger partial charge in [0.15, 0.2) is 5.96 Å². The zero-order valence-electron chi connectivity index (χ0n) is 17.5. The molecule has 3 rings (SSSR count). The molecule has 2 aromatic carbocycles. The summed E-state index contributed by atoms with van der Waals surface area (Å²) in [6.07, 6.45) is 0.435. The van der Waals surface area contributed by atoms with Crippen LogP contribution >= 0.6 is 24.0 Å². The van der Waals surface area contributed by atoms with Crippen molar-refractivity contribution in [3.05, 3.63) is 65.5 Å². The van der Waals surface area contributed by atoms with E-state index in [1.807, 2.05) is 49.3 Å². The van der Waals surface area contributed by atoms with E-state index in [-0.39, 0.29) is 47.7 Å². The van der Waals surface area contributed by atoms with E-state index in [9.17, 15) is 9.18 Å².